The van der Waals surface area contributed by atoms with Crippen LogP contribution in [0, 0.1) is 17.2 Å². The maximum Gasteiger partial charge on any atom is 0.194 e. The number of nitriles is 1. The summed E-state index contributed by atoms with van der Waals surface area (Å²) >= 11 is 3.29. The van der Waals surface area contributed by atoms with Gasteiger partial charge in [0.1, 0.15) is 0 Å². The van der Waals surface area contributed by atoms with E-state index < -0.39 is 15.1 Å². The molecule has 2 rings (SSSR count). The predicted octanol–water partition coefficient (Wildman–Crippen LogP) is 4.09. The average Bonchev–Trinajstić information content (AvgIpc) is 2.69. The van der Waals surface area contributed by atoms with E-state index in [9.17, 15) is 13.7 Å². The Morgan fingerprint density at radius 1 is 1.10 bits per heavy atom. The molecule has 1 aliphatic carbocycles. The van der Waals surface area contributed by atoms with Gasteiger partial charge in [0.05, 0.1) is 11.0 Å². The fourth-order valence-corrected chi connectivity index (χ4v) is 4.80. The lowest BCUT2D eigenvalue weighted by atomic mass is 9.97. The molecule has 0 aromatic heterocycles. The fourth-order valence-electron chi connectivity index (χ4n) is 2.81. The molecule has 1 atom stereocenters. The zero-order chi connectivity index (χ0) is 14.6. The number of halogens is 1. The molecule has 3 nitrogen and oxygen atoms in total. The van der Waals surface area contributed by atoms with E-state index in [4.69, 9.17) is 0 Å². The van der Waals surface area contributed by atoms with Gasteiger partial charge < -0.3 is 0 Å². The van der Waals surface area contributed by atoms with Crippen LogP contribution >= 0.6 is 15.9 Å². The Kier molecular flexibility index (Phi) is 5.22. The summed E-state index contributed by atoms with van der Waals surface area (Å²) in [4.78, 5) is 0.247. The zero-order valence-electron chi connectivity index (χ0n) is 11.3. The van der Waals surface area contributed by atoms with E-state index in [-0.39, 0.29) is 10.8 Å². The molecule has 1 aliphatic rings. The smallest absolute Gasteiger partial charge is 0.194 e. The van der Waals surface area contributed by atoms with Crippen molar-refractivity contribution in [1.29, 1.82) is 5.26 Å². The highest BCUT2D eigenvalue weighted by atomic mass is 79.9. The Morgan fingerprint density at radius 3 is 2.15 bits per heavy atom. The lowest BCUT2D eigenvalue weighted by Crippen LogP contribution is -2.28. The van der Waals surface area contributed by atoms with Gasteiger partial charge in [0.25, 0.3) is 0 Å². The van der Waals surface area contributed by atoms with Gasteiger partial charge in [-0.2, -0.15) is 5.26 Å². The van der Waals surface area contributed by atoms with Crippen LogP contribution in [0.2, 0.25) is 0 Å². The molecule has 0 N–H and O–H groups in total. The lowest BCUT2D eigenvalue weighted by Gasteiger charge is -2.20. The number of nitrogens with zero attached hydrogens (tertiary/aromatic N) is 1. The first kappa shape index (κ1) is 15.5. The first-order valence-electron chi connectivity index (χ1n) is 6.95. The van der Waals surface area contributed by atoms with E-state index in [0.29, 0.717) is 0 Å². The van der Waals surface area contributed by atoms with E-state index in [2.05, 4.69) is 22.0 Å². The minimum absolute atomic E-state index is 0.0313. The van der Waals surface area contributed by atoms with Crippen molar-refractivity contribution in [3.05, 3.63) is 28.7 Å². The van der Waals surface area contributed by atoms with Gasteiger partial charge in [-0.25, -0.2) is 8.42 Å². The van der Waals surface area contributed by atoms with Crippen molar-refractivity contribution in [3.63, 3.8) is 0 Å². The van der Waals surface area contributed by atoms with Crippen LogP contribution in [0.25, 0.3) is 0 Å². The number of hydrogen-bond acceptors (Lipinski definition) is 3. The van der Waals surface area contributed by atoms with Gasteiger partial charge in [-0.15, -0.1) is 0 Å². The summed E-state index contributed by atoms with van der Waals surface area (Å²) in [5.41, 5.74) is 0. The molecule has 1 unspecified atom stereocenters. The third-order valence-electron chi connectivity index (χ3n) is 3.93. The molecular weight excluding hydrogens is 338 g/mol. The van der Waals surface area contributed by atoms with Crippen LogP contribution in [0.3, 0.4) is 0 Å². The number of hydrogen-bond donors (Lipinski definition) is 0. The first-order valence-corrected chi connectivity index (χ1v) is 9.28. The summed E-state index contributed by atoms with van der Waals surface area (Å²) in [6, 6.07) is 8.60. The highest BCUT2D eigenvalue weighted by Crippen LogP contribution is 2.31. The SMILES string of the molecule is N#CC(C1CCCCCC1)S(=O)(=O)c1ccc(Br)cc1. The van der Waals surface area contributed by atoms with Gasteiger partial charge in [-0.3, -0.25) is 0 Å². The van der Waals surface area contributed by atoms with E-state index in [0.717, 1.165) is 43.0 Å². The molecule has 0 bridgehead atoms. The second-order valence-corrected chi connectivity index (χ2v) is 8.29. The Hall–Kier alpha value is -0.860. The molecule has 5 heteroatoms. The second kappa shape index (κ2) is 6.73. The third kappa shape index (κ3) is 3.42. The maximum atomic E-state index is 12.6. The normalized spacial score (nSPS) is 19.0. The molecular formula is C15H18BrNO2S. The van der Waals surface area contributed by atoms with E-state index >= 15 is 0 Å². The Labute approximate surface area is 129 Å². The van der Waals surface area contributed by atoms with Crippen LogP contribution in [0.1, 0.15) is 38.5 Å². The summed E-state index contributed by atoms with van der Waals surface area (Å²) in [5.74, 6) is -0.0313. The number of benzene rings is 1. The van der Waals surface area contributed by atoms with E-state index in [1.807, 2.05) is 0 Å². The van der Waals surface area contributed by atoms with Crippen LogP contribution in [-0.4, -0.2) is 13.7 Å². The van der Waals surface area contributed by atoms with Crippen molar-refractivity contribution in [2.75, 3.05) is 0 Å². The fraction of sp³-hybridized carbons (Fsp3) is 0.533. The van der Waals surface area contributed by atoms with E-state index in [1.165, 1.54) is 0 Å². The van der Waals surface area contributed by atoms with Crippen molar-refractivity contribution in [1.82, 2.24) is 0 Å². The molecule has 1 aromatic rings. The Bertz CT molecular complexity index is 581. The zero-order valence-corrected chi connectivity index (χ0v) is 13.7. The molecule has 1 saturated carbocycles. The Balaban J connectivity index is 2.29. The van der Waals surface area contributed by atoms with Crippen molar-refractivity contribution in [2.24, 2.45) is 5.92 Å². The number of sulfone groups is 1. The van der Waals surface area contributed by atoms with Crippen LogP contribution in [-0.2, 0) is 9.84 Å². The molecule has 1 aromatic carbocycles. The van der Waals surface area contributed by atoms with Crippen molar-refractivity contribution < 1.29 is 8.42 Å². The third-order valence-corrected chi connectivity index (χ3v) is 6.55. The molecule has 0 radical (unpaired) electrons. The quantitative estimate of drug-likeness (QED) is 0.767. The lowest BCUT2D eigenvalue weighted by molar-refractivity contribution is 0.459. The predicted molar refractivity (Wildman–Crippen MR) is 81.9 cm³/mol. The topological polar surface area (TPSA) is 57.9 Å². The van der Waals surface area contributed by atoms with Crippen molar-refractivity contribution >= 4 is 25.8 Å². The van der Waals surface area contributed by atoms with Gasteiger partial charge in [-0.05, 0) is 43.0 Å². The molecule has 0 spiro atoms. The highest BCUT2D eigenvalue weighted by Gasteiger charge is 2.34. The van der Waals surface area contributed by atoms with Crippen LogP contribution in [0.15, 0.2) is 33.6 Å². The van der Waals surface area contributed by atoms with Gasteiger partial charge in [0.15, 0.2) is 15.1 Å². The largest absolute Gasteiger partial charge is 0.222 e. The molecule has 0 aliphatic heterocycles. The highest BCUT2D eigenvalue weighted by molar-refractivity contribution is 9.10. The first-order chi connectivity index (χ1) is 9.55. The standard InChI is InChI=1S/C15H18BrNO2S/c16-13-7-9-14(10-8-13)20(18,19)15(11-17)12-5-3-1-2-4-6-12/h7-10,12,15H,1-6H2. The van der Waals surface area contributed by atoms with Crippen LogP contribution in [0.4, 0.5) is 0 Å². The average molecular weight is 356 g/mol. The Morgan fingerprint density at radius 2 is 1.65 bits per heavy atom. The molecule has 20 heavy (non-hydrogen) atoms. The molecule has 1 fully saturated rings. The minimum atomic E-state index is -3.57. The minimum Gasteiger partial charge on any atom is -0.222 e. The molecule has 0 heterocycles. The maximum absolute atomic E-state index is 12.6. The number of rotatable bonds is 3. The summed E-state index contributed by atoms with van der Waals surface area (Å²) in [6.45, 7) is 0. The summed E-state index contributed by atoms with van der Waals surface area (Å²) in [5, 5.41) is 8.47. The van der Waals surface area contributed by atoms with Crippen LogP contribution in [0.5, 0.6) is 0 Å². The molecule has 108 valence electrons. The summed E-state index contributed by atoms with van der Waals surface area (Å²) in [7, 11) is -3.57. The van der Waals surface area contributed by atoms with Gasteiger partial charge in [-0.1, -0.05) is 41.6 Å². The van der Waals surface area contributed by atoms with Gasteiger partial charge in [0.2, 0.25) is 0 Å². The van der Waals surface area contributed by atoms with Crippen LogP contribution < -0.4 is 0 Å². The molecule has 0 amide bonds. The van der Waals surface area contributed by atoms with Gasteiger partial charge >= 0.3 is 0 Å². The van der Waals surface area contributed by atoms with Crippen molar-refractivity contribution in [3.8, 4) is 6.07 Å². The monoisotopic (exact) mass is 355 g/mol. The van der Waals surface area contributed by atoms with Gasteiger partial charge in [0, 0.05) is 4.47 Å². The summed E-state index contributed by atoms with van der Waals surface area (Å²) in [6.07, 6.45) is 6.03. The molecule has 0 saturated heterocycles. The summed E-state index contributed by atoms with van der Waals surface area (Å²) < 4.78 is 26.1. The van der Waals surface area contributed by atoms with Crippen molar-refractivity contribution in [2.45, 2.75) is 48.7 Å². The van der Waals surface area contributed by atoms with E-state index in [1.54, 1.807) is 24.3 Å². The second-order valence-electron chi connectivity index (χ2n) is 5.30.